The Morgan fingerprint density at radius 2 is 2.58 bits per heavy atom. The van der Waals surface area contributed by atoms with Gasteiger partial charge in [0.1, 0.15) is 0 Å². The predicted octanol–water partition coefficient (Wildman–Crippen LogP) is 0.0844. The van der Waals surface area contributed by atoms with Crippen LogP contribution in [0.3, 0.4) is 0 Å². The molecule has 66 valence electrons. The average Bonchev–Trinajstić information content (AvgIpc) is 2.63. The molecule has 2 heterocycles. The largest absolute Gasteiger partial charge is 0.434 e. The number of rotatable bonds is 2. The van der Waals surface area contributed by atoms with Gasteiger partial charge < -0.3 is 9.15 Å². The molecule has 0 aliphatic carbocycles. The minimum atomic E-state index is -0.497. The number of nitrogens with zero attached hydrogens (tertiary/aromatic N) is 1. The number of aromatic nitrogens is 2. The second kappa shape index (κ2) is 3.10. The van der Waals surface area contributed by atoms with Crippen molar-refractivity contribution in [2.24, 2.45) is 0 Å². The Hall–Kier alpha value is -1.10. The summed E-state index contributed by atoms with van der Waals surface area (Å²) in [7, 11) is 0. The van der Waals surface area contributed by atoms with Crippen LogP contribution in [0, 0.1) is 0 Å². The third-order valence-electron chi connectivity index (χ3n) is 1.91. The van der Waals surface area contributed by atoms with E-state index < -0.39 is 5.76 Å². The molecule has 5 heteroatoms. The third-order valence-corrected chi connectivity index (χ3v) is 1.91. The summed E-state index contributed by atoms with van der Waals surface area (Å²) in [5, 5.41) is 5.91. The van der Waals surface area contributed by atoms with E-state index >= 15 is 0 Å². The molecule has 1 aliphatic heterocycles. The van der Waals surface area contributed by atoms with Gasteiger partial charge in [-0.05, 0) is 12.8 Å². The highest BCUT2D eigenvalue weighted by atomic mass is 16.5. The van der Waals surface area contributed by atoms with Gasteiger partial charge in [-0.2, -0.15) is 0 Å². The van der Waals surface area contributed by atoms with Crippen LogP contribution in [0.2, 0.25) is 0 Å². The zero-order valence-corrected chi connectivity index (χ0v) is 6.58. The van der Waals surface area contributed by atoms with Crippen molar-refractivity contribution in [1.82, 2.24) is 10.2 Å². The first-order valence-corrected chi connectivity index (χ1v) is 4.00. The number of ether oxygens (including phenoxy) is 1. The van der Waals surface area contributed by atoms with Crippen LogP contribution >= 0.6 is 0 Å². The molecule has 1 unspecified atom stereocenters. The van der Waals surface area contributed by atoms with Gasteiger partial charge in [-0.3, -0.25) is 0 Å². The van der Waals surface area contributed by atoms with E-state index in [1.807, 2.05) is 0 Å². The smallest absolute Gasteiger partial charge is 0.392 e. The predicted molar refractivity (Wildman–Crippen MR) is 39.8 cm³/mol. The van der Waals surface area contributed by atoms with Gasteiger partial charge in [-0.25, -0.2) is 9.89 Å². The quantitative estimate of drug-likeness (QED) is 0.682. The normalized spacial score (nSPS) is 23.2. The summed E-state index contributed by atoms with van der Waals surface area (Å²) in [4.78, 5) is 10.5. The first-order valence-electron chi connectivity index (χ1n) is 4.00. The van der Waals surface area contributed by atoms with E-state index in [4.69, 9.17) is 9.15 Å². The van der Waals surface area contributed by atoms with Gasteiger partial charge >= 0.3 is 5.76 Å². The van der Waals surface area contributed by atoms with Gasteiger partial charge in [0.05, 0.1) is 12.5 Å². The van der Waals surface area contributed by atoms with Crippen LogP contribution in [0.4, 0.5) is 0 Å². The minimum absolute atomic E-state index is 0.177. The fraction of sp³-hybridized carbons (Fsp3) is 0.714. The highest BCUT2D eigenvalue weighted by molar-refractivity contribution is 4.80. The van der Waals surface area contributed by atoms with E-state index in [0.717, 1.165) is 19.4 Å². The van der Waals surface area contributed by atoms with E-state index in [9.17, 15) is 4.79 Å². The Morgan fingerprint density at radius 1 is 1.67 bits per heavy atom. The number of aromatic amines is 1. The Kier molecular flexibility index (Phi) is 1.95. The summed E-state index contributed by atoms with van der Waals surface area (Å²) in [6.45, 7) is 0.805. The lowest BCUT2D eigenvalue weighted by atomic mass is 10.2. The van der Waals surface area contributed by atoms with Crippen molar-refractivity contribution in [3.63, 3.8) is 0 Å². The molecule has 0 saturated carbocycles. The average molecular weight is 170 g/mol. The van der Waals surface area contributed by atoms with Gasteiger partial charge in [0.15, 0.2) is 0 Å². The maximum absolute atomic E-state index is 10.5. The third kappa shape index (κ3) is 1.55. The Bertz CT molecular complexity index is 298. The number of H-pyrrole nitrogens is 1. The standard InChI is InChI=1S/C7H10N2O3/c10-7-9-8-6(12-7)4-5-2-1-3-11-5/h5H,1-4H2,(H,9,10). The second-order valence-corrected chi connectivity index (χ2v) is 2.85. The van der Waals surface area contributed by atoms with E-state index in [-0.39, 0.29) is 6.10 Å². The van der Waals surface area contributed by atoms with Gasteiger partial charge in [0, 0.05) is 6.61 Å². The molecule has 1 aromatic heterocycles. The van der Waals surface area contributed by atoms with Crippen LogP contribution in [-0.2, 0) is 11.2 Å². The summed E-state index contributed by atoms with van der Waals surface area (Å²) in [5.74, 6) is -0.0603. The van der Waals surface area contributed by atoms with Crippen LogP contribution in [0.25, 0.3) is 0 Å². The van der Waals surface area contributed by atoms with Crippen molar-refractivity contribution in [3.05, 3.63) is 16.4 Å². The van der Waals surface area contributed by atoms with Gasteiger partial charge in [-0.1, -0.05) is 0 Å². The lowest BCUT2D eigenvalue weighted by molar-refractivity contribution is 0.105. The van der Waals surface area contributed by atoms with Gasteiger partial charge in [0.25, 0.3) is 0 Å². The molecule has 5 nitrogen and oxygen atoms in total. The van der Waals surface area contributed by atoms with E-state index in [1.165, 1.54) is 0 Å². The van der Waals surface area contributed by atoms with Crippen LogP contribution in [-0.4, -0.2) is 22.9 Å². The van der Waals surface area contributed by atoms with Crippen LogP contribution in [0.5, 0.6) is 0 Å². The highest BCUT2D eigenvalue weighted by Gasteiger charge is 2.18. The van der Waals surface area contributed by atoms with Crippen molar-refractivity contribution in [3.8, 4) is 0 Å². The molecule has 0 radical (unpaired) electrons. The van der Waals surface area contributed by atoms with E-state index in [2.05, 4.69) is 10.2 Å². The lowest BCUT2D eigenvalue weighted by Crippen LogP contribution is -2.08. The maximum Gasteiger partial charge on any atom is 0.434 e. The number of nitrogens with one attached hydrogen (secondary N) is 1. The zero-order valence-electron chi connectivity index (χ0n) is 6.58. The zero-order chi connectivity index (χ0) is 8.39. The van der Waals surface area contributed by atoms with Gasteiger partial charge in [0.2, 0.25) is 5.89 Å². The second-order valence-electron chi connectivity index (χ2n) is 2.85. The molecular formula is C7H10N2O3. The molecule has 1 aliphatic rings. The molecule has 1 N–H and O–H groups in total. The van der Waals surface area contributed by atoms with Crippen molar-refractivity contribution in [2.45, 2.75) is 25.4 Å². The molecule has 1 fully saturated rings. The molecule has 0 bridgehead atoms. The Balaban J connectivity index is 1.98. The fourth-order valence-electron chi connectivity index (χ4n) is 1.35. The summed E-state index contributed by atoms with van der Waals surface area (Å²) in [5.41, 5.74) is 0. The molecule has 0 spiro atoms. The molecule has 2 rings (SSSR count). The van der Waals surface area contributed by atoms with E-state index in [1.54, 1.807) is 0 Å². The Morgan fingerprint density at radius 3 is 3.17 bits per heavy atom. The first-order chi connectivity index (χ1) is 5.84. The topological polar surface area (TPSA) is 68.1 Å². The molecular weight excluding hydrogens is 160 g/mol. The summed E-state index contributed by atoms with van der Waals surface area (Å²) in [6.07, 6.45) is 2.88. The summed E-state index contributed by atoms with van der Waals surface area (Å²) >= 11 is 0. The monoisotopic (exact) mass is 170 g/mol. The minimum Gasteiger partial charge on any atom is -0.392 e. The maximum atomic E-state index is 10.5. The SMILES string of the molecule is O=c1[nH]nc(CC2CCCO2)o1. The number of hydrogen-bond acceptors (Lipinski definition) is 4. The van der Waals surface area contributed by atoms with Crippen molar-refractivity contribution in [1.29, 1.82) is 0 Å². The van der Waals surface area contributed by atoms with Crippen LogP contribution in [0.1, 0.15) is 18.7 Å². The molecule has 1 aromatic rings. The summed E-state index contributed by atoms with van der Waals surface area (Å²) < 4.78 is 10.1. The van der Waals surface area contributed by atoms with Crippen molar-refractivity contribution < 1.29 is 9.15 Å². The molecule has 0 aromatic carbocycles. The Labute approximate surface area is 68.7 Å². The highest BCUT2D eigenvalue weighted by Crippen LogP contribution is 2.14. The van der Waals surface area contributed by atoms with E-state index in [0.29, 0.717) is 12.3 Å². The molecule has 0 amide bonds. The number of hydrogen-bond donors (Lipinski definition) is 1. The van der Waals surface area contributed by atoms with Crippen LogP contribution < -0.4 is 5.76 Å². The lowest BCUT2D eigenvalue weighted by Gasteiger charge is -2.03. The van der Waals surface area contributed by atoms with Crippen molar-refractivity contribution in [2.75, 3.05) is 6.61 Å². The van der Waals surface area contributed by atoms with Crippen molar-refractivity contribution >= 4 is 0 Å². The summed E-state index contributed by atoms with van der Waals surface area (Å²) in [6, 6.07) is 0. The molecule has 1 atom stereocenters. The first kappa shape index (κ1) is 7.54. The molecule has 12 heavy (non-hydrogen) atoms. The van der Waals surface area contributed by atoms with Gasteiger partial charge in [-0.15, -0.1) is 5.10 Å². The van der Waals surface area contributed by atoms with Crippen LogP contribution in [0.15, 0.2) is 9.21 Å². The molecule has 1 saturated heterocycles. The fourth-order valence-corrected chi connectivity index (χ4v) is 1.35.